The molecule has 2 aromatic rings. The van der Waals surface area contributed by atoms with Gasteiger partial charge in [-0.3, -0.25) is 0 Å². The quantitative estimate of drug-likeness (QED) is 0.900. The molecule has 1 unspecified atom stereocenters. The van der Waals surface area contributed by atoms with Crippen molar-refractivity contribution in [2.75, 3.05) is 6.61 Å². The first-order valence-corrected chi connectivity index (χ1v) is 5.67. The molecule has 0 fully saturated rings. The summed E-state index contributed by atoms with van der Waals surface area (Å²) in [7, 11) is 0. The summed E-state index contributed by atoms with van der Waals surface area (Å²) < 4.78 is 32.2. The second-order valence-corrected chi connectivity index (χ2v) is 4.41. The highest BCUT2D eigenvalue weighted by Crippen LogP contribution is 2.28. The maximum atomic E-state index is 13.6. The molecule has 1 aromatic carbocycles. The molecule has 1 aromatic heterocycles. The van der Waals surface area contributed by atoms with Crippen molar-refractivity contribution in [2.45, 2.75) is 6.04 Å². The number of rotatable bonds is 3. The van der Waals surface area contributed by atoms with Crippen LogP contribution in [0.15, 0.2) is 21.1 Å². The molecule has 0 amide bonds. The minimum absolute atomic E-state index is 0.0192. The summed E-state index contributed by atoms with van der Waals surface area (Å²) in [5, 5.41) is 12.3. The van der Waals surface area contributed by atoms with Crippen LogP contribution >= 0.6 is 15.9 Å². The van der Waals surface area contributed by atoms with E-state index in [1.165, 1.54) is 0 Å². The van der Waals surface area contributed by atoms with Gasteiger partial charge in [-0.1, -0.05) is 21.1 Å². The number of aromatic nitrogens is 2. The molecule has 8 heteroatoms. The highest BCUT2D eigenvalue weighted by molar-refractivity contribution is 9.10. The van der Waals surface area contributed by atoms with Crippen LogP contribution in [-0.2, 0) is 0 Å². The van der Waals surface area contributed by atoms with E-state index in [9.17, 15) is 8.78 Å². The Hall–Kier alpha value is -1.38. The number of hydrogen-bond donors (Lipinski definition) is 2. The van der Waals surface area contributed by atoms with Crippen molar-refractivity contribution in [3.05, 3.63) is 34.1 Å². The van der Waals surface area contributed by atoms with E-state index >= 15 is 0 Å². The monoisotopic (exact) mass is 319 g/mol. The van der Waals surface area contributed by atoms with Crippen LogP contribution in [0.2, 0.25) is 0 Å². The highest BCUT2D eigenvalue weighted by Gasteiger charge is 2.21. The van der Waals surface area contributed by atoms with E-state index in [1.54, 1.807) is 0 Å². The van der Waals surface area contributed by atoms with Gasteiger partial charge in [0.2, 0.25) is 0 Å². The number of benzene rings is 1. The van der Waals surface area contributed by atoms with Gasteiger partial charge in [-0.2, -0.15) is 4.98 Å². The van der Waals surface area contributed by atoms with Crippen LogP contribution < -0.4 is 5.73 Å². The van der Waals surface area contributed by atoms with Crippen LogP contribution in [0, 0.1) is 11.6 Å². The molecule has 96 valence electrons. The lowest BCUT2D eigenvalue weighted by atomic mass is 10.2. The summed E-state index contributed by atoms with van der Waals surface area (Å²) in [6, 6.07) is 1.30. The van der Waals surface area contributed by atoms with E-state index in [4.69, 9.17) is 15.4 Å². The predicted molar refractivity (Wildman–Crippen MR) is 61.4 cm³/mol. The molecule has 3 N–H and O–H groups in total. The first kappa shape index (κ1) is 13.1. The number of hydrogen-bond acceptors (Lipinski definition) is 5. The summed E-state index contributed by atoms with van der Waals surface area (Å²) in [5.74, 6) is -2.02. The minimum atomic E-state index is -0.857. The average molecular weight is 320 g/mol. The van der Waals surface area contributed by atoms with Gasteiger partial charge in [-0.15, -0.1) is 0 Å². The molecule has 0 radical (unpaired) electrons. The van der Waals surface area contributed by atoms with Gasteiger partial charge >= 0.3 is 0 Å². The maximum Gasteiger partial charge on any atom is 0.263 e. The minimum Gasteiger partial charge on any atom is -0.394 e. The topological polar surface area (TPSA) is 85.2 Å². The zero-order chi connectivity index (χ0) is 13.3. The Balaban J connectivity index is 2.46. The molecule has 0 saturated carbocycles. The lowest BCUT2D eigenvalue weighted by Crippen LogP contribution is -2.15. The van der Waals surface area contributed by atoms with E-state index in [0.717, 1.165) is 12.1 Å². The highest BCUT2D eigenvalue weighted by atomic mass is 79.9. The van der Waals surface area contributed by atoms with Gasteiger partial charge in [0.05, 0.1) is 12.6 Å². The third-order valence-corrected chi connectivity index (χ3v) is 2.65. The Morgan fingerprint density at radius 2 is 2.00 bits per heavy atom. The fourth-order valence-electron chi connectivity index (χ4n) is 1.32. The SMILES string of the molecule is NC(CO)c1noc(-c2c(F)cc(Br)cc2F)n1. The molecular weight excluding hydrogens is 312 g/mol. The number of halogens is 3. The zero-order valence-corrected chi connectivity index (χ0v) is 10.5. The second-order valence-electron chi connectivity index (χ2n) is 3.49. The Labute approximate surface area is 109 Å². The lowest BCUT2D eigenvalue weighted by molar-refractivity contribution is 0.260. The summed E-state index contributed by atoms with van der Waals surface area (Å²) in [4.78, 5) is 3.74. The predicted octanol–water partition coefficient (Wildman–Crippen LogP) is 1.77. The van der Waals surface area contributed by atoms with E-state index in [2.05, 4.69) is 26.1 Å². The number of nitrogens with two attached hydrogens (primary N) is 1. The van der Waals surface area contributed by atoms with Crippen molar-refractivity contribution in [1.29, 1.82) is 0 Å². The molecule has 1 atom stereocenters. The number of nitrogens with zero attached hydrogens (tertiary/aromatic N) is 2. The Morgan fingerprint density at radius 1 is 1.39 bits per heavy atom. The molecule has 0 bridgehead atoms. The maximum absolute atomic E-state index is 13.6. The van der Waals surface area contributed by atoms with Crippen molar-refractivity contribution >= 4 is 15.9 Å². The molecule has 0 aliphatic carbocycles. The van der Waals surface area contributed by atoms with Crippen molar-refractivity contribution in [3.63, 3.8) is 0 Å². The van der Waals surface area contributed by atoms with E-state index in [-0.39, 0.29) is 16.2 Å². The molecule has 18 heavy (non-hydrogen) atoms. The van der Waals surface area contributed by atoms with Crippen molar-refractivity contribution in [1.82, 2.24) is 10.1 Å². The van der Waals surface area contributed by atoms with Crippen molar-refractivity contribution < 1.29 is 18.4 Å². The zero-order valence-electron chi connectivity index (χ0n) is 8.90. The van der Waals surface area contributed by atoms with Gasteiger partial charge in [0.1, 0.15) is 17.2 Å². The van der Waals surface area contributed by atoms with Gasteiger partial charge < -0.3 is 15.4 Å². The average Bonchev–Trinajstić information content (AvgIpc) is 2.76. The fourth-order valence-corrected chi connectivity index (χ4v) is 1.72. The number of aliphatic hydroxyl groups is 1. The van der Waals surface area contributed by atoms with E-state index in [1.807, 2.05) is 0 Å². The van der Waals surface area contributed by atoms with Gasteiger partial charge in [0, 0.05) is 4.47 Å². The van der Waals surface area contributed by atoms with E-state index in [0.29, 0.717) is 0 Å². The Morgan fingerprint density at radius 3 is 2.56 bits per heavy atom. The van der Waals surface area contributed by atoms with E-state index < -0.39 is 29.8 Å². The summed E-state index contributed by atoms with van der Waals surface area (Å²) in [5.41, 5.74) is 5.03. The first-order valence-electron chi connectivity index (χ1n) is 4.88. The third kappa shape index (κ3) is 2.40. The molecule has 0 aliphatic heterocycles. The van der Waals surface area contributed by atoms with Crippen molar-refractivity contribution in [3.8, 4) is 11.5 Å². The van der Waals surface area contributed by atoms with Gasteiger partial charge in [-0.05, 0) is 12.1 Å². The Bertz CT molecular complexity index is 553. The van der Waals surface area contributed by atoms with Gasteiger partial charge in [-0.25, -0.2) is 8.78 Å². The summed E-state index contributed by atoms with van der Waals surface area (Å²) in [6.07, 6.45) is 0. The molecule has 2 rings (SSSR count). The molecule has 5 nitrogen and oxygen atoms in total. The van der Waals surface area contributed by atoms with Crippen LogP contribution in [0.1, 0.15) is 11.9 Å². The van der Waals surface area contributed by atoms with Crippen molar-refractivity contribution in [2.24, 2.45) is 5.73 Å². The molecular formula is C10H8BrF2N3O2. The Kier molecular flexibility index (Phi) is 3.69. The molecule has 0 saturated heterocycles. The van der Waals surface area contributed by atoms with Gasteiger partial charge in [0.15, 0.2) is 5.82 Å². The summed E-state index contributed by atoms with van der Waals surface area (Å²) >= 11 is 2.96. The molecule has 0 aliphatic rings. The van der Waals surface area contributed by atoms with Crippen LogP contribution in [0.5, 0.6) is 0 Å². The number of aliphatic hydroxyl groups excluding tert-OH is 1. The van der Waals surface area contributed by atoms with Crippen LogP contribution in [0.25, 0.3) is 11.5 Å². The standard InChI is InChI=1S/C10H8BrF2N3O2/c11-4-1-5(12)8(6(13)2-4)10-15-9(16-18-10)7(14)3-17/h1-2,7,17H,3,14H2. The molecule has 0 spiro atoms. The molecule has 1 heterocycles. The third-order valence-electron chi connectivity index (χ3n) is 2.19. The normalized spacial score (nSPS) is 12.7. The van der Waals surface area contributed by atoms with Crippen LogP contribution in [0.4, 0.5) is 8.78 Å². The first-order chi connectivity index (χ1) is 8.52. The largest absolute Gasteiger partial charge is 0.394 e. The summed E-state index contributed by atoms with van der Waals surface area (Å²) in [6.45, 7) is -0.399. The van der Waals surface area contributed by atoms with Gasteiger partial charge in [0.25, 0.3) is 5.89 Å². The van der Waals surface area contributed by atoms with Crippen LogP contribution in [-0.4, -0.2) is 21.9 Å². The smallest absolute Gasteiger partial charge is 0.263 e. The van der Waals surface area contributed by atoms with Crippen LogP contribution in [0.3, 0.4) is 0 Å². The fraction of sp³-hybridized carbons (Fsp3) is 0.200. The second kappa shape index (κ2) is 5.09. The lowest BCUT2D eigenvalue weighted by Gasteiger charge is -2.01.